The Labute approximate surface area is 165 Å². The van der Waals surface area contributed by atoms with Crippen molar-refractivity contribution in [1.82, 2.24) is 9.97 Å². The Morgan fingerprint density at radius 3 is 2.81 bits per heavy atom. The molecule has 0 bridgehead atoms. The van der Waals surface area contributed by atoms with Crippen LogP contribution in [0, 0.1) is 20.8 Å². The maximum atomic E-state index is 12.0. The minimum Gasteiger partial charge on any atom is -0.455 e. The van der Waals surface area contributed by atoms with E-state index < -0.39 is 5.97 Å². The van der Waals surface area contributed by atoms with E-state index >= 15 is 0 Å². The molecule has 8 heteroatoms. The van der Waals surface area contributed by atoms with Crippen LogP contribution in [-0.2, 0) is 14.3 Å². The van der Waals surface area contributed by atoms with E-state index in [9.17, 15) is 9.59 Å². The van der Waals surface area contributed by atoms with Gasteiger partial charge in [0, 0.05) is 16.0 Å². The zero-order chi connectivity index (χ0) is 19.4. The number of hydrogen-bond donors (Lipinski definition) is 1. The Morgan fingerprint density at radius 1 is 1.22 bits per heavy atom. The van der Waals surface area contributed by atoms with Crippen molar-refractivity contribution in [1.29, 1.82) is 0 Å². The van der Waals surface area contributed by atoms with E-state index in [0.29, 0.717) is 5.69 Å². The molecule has 0 saturated heterocycles. The fourth-order valence-electron chi connectivity index (χ4n) is 2.49. The number of benzene rings is 1. The lowest BCUT2D eigenvalue weighted by Gasteiger charge is -2.07. The van der Waals surface area contributed by atoms with Crippen LogP contribution in [0.2, 0.25) is 0 Å². The molecule has 0 unspecified atom stereocenters. The number of carbonyl (C=O) groups excluding carboxylic acids is 2. The molecule has 27 heavy (non-hydrogen) atoms. The molecule has 0 saturated carbocycles. The maximum Gasteiger partial charge on any atom is 0.316 e. The molecular weight excluding hydrogens is 382 g/mol. The third kappa shape index (κ3) is 4.84. The van der Waals surface area contributed by atoms with Crippen LogP contribution in [0.3, 0.4) is 0 Å². The fourth-order valence-corrected chi connectivity index (χ4v) is 4.41. The highest BCUT2D eigenvalue weighted by molar-refractivity contribution is 8.00. The lowest BCUT2D eigenvalue weighted by atomic mass is 10.2. The van der Waals surface area contributed by atoms with Gasteiger partial charge in [-0.2, -0.15) is 0 Å². The van der Waals surface area contributed by atoms with E-state index in [1.165, 1.54) is 23.0 Å². The summed E-state index contributed by atoms with van der Waals surface area (Å²) in [7, 11) is 0. The molecule has 140 valence electrons. The molecule has 2 aromatic heterocycles. The number of nitrogens with one attached hydrogen (secondary N) is 1. The topological polar surface area (TPSA) is 81.2 Å². The maximum absolute atomic E-state index is 12.0. The molecule has 0 atom stereocenters. The fraction of sp³-hybridized carbons (Fsp3) is 0.263. The predicted molar refractivity (Wildman–Crippen MR) is 108 cm³/mol. The summed E-state index contributed by atoms with van der Waals surface area (Å²) in [5.74, 6) is -0.749. The Kier molecular flexibility index (Phi) is 6.08. The first kappa shape index (κ1) is 19.3. The SMILES string of the molecule is Cc1cccc(NC(=O)COC(=O)CSc2ncnc3sc(C)c(C)c23)c1. The van der Waals surface area contributed by atoms with Crippen molar-refractivity contribution in [3.63, 3.8) is 0 Å². The molecule has 2 heterocycles. The summed E-state index contributed by atoms with van der Waals surface area (Å²) in [6, 6.07) is 7.42. The van der Waals surface area contributed by atoms with Crippen LogP contribution in [0.15, 0.2) is 35.6 Å². The number of nitrogens with zero attached hydrogens (tertiary/aromatic N) is 2. The lowest BCUT2D eigenvalue weighted by Crippen LogP contribution is -2.21. The van der Waals surface area contributed by atoms with Gasteiger partial charge in [-0.15, -0.1) is 11.3 Å². The van der Waals surface area contributed by atoms with Crippen LogP contribution < -0.4 is 5.32 Å². The number of thiophene rings is 1. The third-order valence-electron chi connectivity index (χ3n) is 3.92. The highest BCUT2D eigenvalue weighted by atomic mass is 32.2. The van der Waals surface area contributed by atoms with Gasteiger partial charge < -0.3 is 10.1 Å². The second-order valence-corrected chi connectivity index (χ2v) is 8.18. The van der Waals surface area contributed by atoms with Crippen molar-refractivity contribution in [3.8, 4) is 0 Å². The number of aryl methyl sites for hydroxylation is 3. The highest BCUT2D eigenvalue weighted by Gasteiger charge is 2.15. The van der Waals surface area contributed by atoms with E-state index in [4.69, 9.17) is 4.74 Å². The zero-order valence-electron chi connectivity index (χ0n) is 15.2. The van der Waals surface area contributed by atoms with Crippen LogP contribution in [0.5, 0.6) is 0 Å². The normalized spacial score (nSPS) is 10.8. The number of thioether (sulfide) groups is 1. The number of anilines is 1. The Balaban J connectivity index is 1.52. The largest absolute Gasteiger partial charge is 0.455 e. The van der Waals surface area contributed by atoms with Gasteiger partial charge in [0.05, 0.1) is 5.75 Å². The lowest BCUT2D eigenvalue weighted by molar-refractivity contribution is -0.144. The number of aromatic nitrogens is 2. The molecule has 1 amide bonds. The van der Waals surface area contributed by atoms with E-state index in [0.717, 1.165) is 26.4 Å². The van der Waals surface area contributed by atoms with E-state index in [1.807, 2.05) is 39.0 Å². The second-order valence-electron chi connectivity index (χ2n) is 6.01. The van der Waals surface area contributed by atoms with Crippen molar-refractivity contribution >= 4 is 50.9 Å². The standard InChI is InChI=1S/C19H19N3O3S2/c1-11-5-4-6-14(7-11)22-15(23)8-25-16(24)9-26-18-17-12(2)13(3)27-19(17)21-10-20-18/h4-7,10H,8-9H2,1-3H3,(H,22,23). The predicted octanol–water partition coefficient (Wildman–Crippen LogP) is 3.89. The van der Waals surface area contributed by atoms with Crippen LogP contribution in [-0.4, -0.2) is 34.2 Å². The summed E-state index contributed by atoms with van der Waals surface area (Å²) >= 11 is 2.90. The van der Waals surface area contributed by atoms with Gasteiger partial charge in [0.2, 0.25) is 0 Å². The summed E-state index contributed by atoms with van der Waals surface area (Å²) in [5, 5.41) is 4.44. The van der Waals surface area contributed by atoms with Crippen molar-refractivity contribution in [3.05, 3.63) is 46.6 Å². The average Bonchev–Trinajstić information content (AvgIpc) is 2.93. The van der Waals surface area contributed by atoms with Gasteiger partial charge in [0.1, 0.15) is 16.2 Å². The van der Waals surface area contributed by atoms with Gasteiger partial charge in [-0.3, -0.25) is 9.59 Å². The molecule has 6 nitrogen and oxygen atoms in total. The van der Waals surface area contributed by atoms with Gasteiger partial charge in [0.15, 0.2) is 6.61 Å². The smallest absolute Gasteiger partial charge is 0.316 e. The average molecular weight is 402 g/mol. The first-order valence-corrected chi connectivity index (χ1v) is 10.1. The number of hydrogen-bond acceptors (Lipinski definition) is 7. The quantitative estimate of drug-likeness (QED) is 0.383. The summed E-state index contributed by atoms with van der Waals surface area (Å²) < 4.78 is 5.06. The van der Waals surface area contributed by atoms with Crippen molar-refractivity contribution in [2.45, 2.75) is 25.8 Å². The minimum atomic E-state index is -0.462. The third-order valence-corrected chi connectivity index (χ3v) is 6.00. The number of rotatable bonds is 6. The van der Waals surface area contributed by atoms with Crippen LogP contribution in [0.4, 0.5) is 5.69 Å². The second kappa shape index (κ2) is 8.49. The first-order valence-electron chi connectivity index (χ1n) is 8.29. The van der Waals surface area contributed by atoms with Gasteiger partial charge in [-0.25, -0.2) is 9.97 Å². The summed E-state index contributed by atoms with van der Waals surface area (Å²) in [4.78, 5) is 34.6. The minimum absolute atomic E-state index is 0.0815. The van der Waals surface area contributed by atoms with E-state index in [-0.39, 0.29) is 18.3 Å². The molecule has 0 radical (unpaired) electrons. The number of ether oxygens (including phenoxy) is 1. The van der Waals surface area contributed by atoms with Gasteiger partial charge in [-0.1, -0.05) is 23.9 Å². The van der Waals surface area contributed by atoms with Gasteiger partial charge >= 0.3 is 5.97 Å². The van der Waals surface area contributed by atoms with Crippen molar-refractivity contribution < 1.29 is 14.3 Å². The van der Waals surface area contributed by atoms with E-state index in [1.54, 1.807) is 17.4 Å². The Bertz CT molecular complexity index is 1000. The molecule has 0 aliphatic carbocycles. The first-order chi connectivity index (χ1) is 12.9. The van der Waals surface area contributed by atoms with E-state index in [2.05, 4.69) is 15.3 Å². The molecular formula is C19H19N3O3S2. The summed E-state index contributed by atoms with van der Waals surface area (Å²) in [6.45, 7) is 5.68. The van der Waals surface area contributed by atoms with Crippen LogP contribution in [0.25, 0.3) is 10.2 Å². The molecule has 1 N–H and O–H groups in total. The molecule has 0 aliphatic heterocycles. The Hall–Kier alpha value is -2.45. The summed E-state index contributed by atoms with van der Waals surface area (Å²) in [6.07, 6.45) is 1.50. The van der Waals surface area contributed by atoms with Gasteiger partial charge in [-0.05, 0) is 44.0 Å². The van der Waals surface area contributed by atoms with Crippen LogP contribution >= 0.6 is 23.1 Å². The number of esters is 1. The van der Waals surface area contributed by atoms with Crippen molar-refractivity contribution in [2.24, 2.45) is 0 Å². The molecule has 1 aromatic carbocycles. The number of fused-ring (bicyclic) bond motifs is 1. The number of carbonyl (C=O) groups is 2. The zero-order valence-corrected chi connectivity index (χ0v) is 16.9. The monoisotopic (exact) mass is 401 g/mol. The molecule has 3 aromatic rings. The molecule has 0 aliphatic rings. The Morgan fingerprint density at radius 2 is 2.04 bits per heavy atom. The highest BCUT2D eigenvalue weighted by Crippen LogP contribution is 2.34. The van der Waals surface area contributed by atoms with Gasteiger partial charge in [0.25, 0.3) is 5.91 Å². The summed E-state index contributed by atoms with van der Waals surface area (Å²) in [5.41, 5.74) is 2.84. The number of amides is 1. The van der Waals surface area contributed by atoms with Crippen molar-refractivity contribution in [2.75, 3.05) is 17.7 Å². The molecule has 3 rings (SSSR count). The van der Waals surface area contributed by atoms with Crippen LogP contribution in [0.1, 0.15) is 16.0 Å². The molecule has 0 fully saturated rings. The molecule has 0 spiro atoms.